The monoisotopic (exact) mass is 427 g/mol. The Morgan fingerprint density at radius 1 is 1.22 bits per heavy atom. The second kappa shape index (κ2) is 8.86. The van der Waals surface area contributed by atoms with Gasteiger partial charge in [0, 0.05) is 34.9 Å². The third kappa shape index (κ3) is 5.20. The average molecular weight is 428 g/mol. The number of ether oxygens (including phenoxy) is 1. The molecule has 0 radical (unpaired) electrons. The zero-order valence-electron chi connectivity index (χ0n) is 15.4. The number of halogens is 1. The largest absolute Gasteiger partial charge is 0.489 e. The number of rotatable bonds is 7. The predicted molar refractivity (Wildman–Crippen MR) is 109 cm³/mol. The van der Waals surface area contributed by atoms with Crippen LogP contribution in [0.2, 0.25) is 0 Å². The van der Waals surface area contributed by atoms with E-state index in [0.717, 1.165) is 33.6 Å². The van der Waals surface area contributed by atoms with Crippen LogP contribution in [0, 0.1) is 6.92 Å². The first-order valence-electron chi connectivity index (χ1n) is 8.83. The maximum absolute atomic E-state index is 12.5. The maximum Gasteiger partial charge on any atom is 0.251 e. The summed E-state index contributed by atoms with van der Waals surface area (Å²) in [5, 5.41) is 7.36. The van der Waals surface area contributed by atoms with Crippen molar-refractivity contribution in [2.45, 2.75) is 33.5 Å². The van der Waals surface area contributed by atoms with Crippen LogP contribution in [0.1, 0.15) is 34.1 Å². The van der Waals surface area contributed by atoms with Gasteiger partial charge in [-0.05, 0) is 49.7 Å². The van der Waals surface area contributed by atoms with Gasteiger partial charge in [0.2, 0.25) is 0 Å². The normalized spacial score (nSPS) is 10.6. The Kier molecular flexibility index (Phi) is 6.29. The first-order chi connectivity index (χ1) is 13.0. The molecule has 1 N–H and O–H groups in total. The van der Waals surface area contributed by atoms with Gasteiger partial charge in [-0.2, -0.15) is 5.10 Å². The van der Waals surface area contributed by atoms with E-state index in [4.69, 9.17) is 4.74 Å². The van der Waals surface area contributed by atoms with Gasteiger partial charge in [-0.15, -0.1) is 0 Å². The molecule has 0 bridgehead atoms. The molecule has 3 aromatic rings. The number of hydrogen-bond acceptors (Lipinski definition) is 3. The fourth-order valence-electron chi connectivity index (χ4n) is 2.70. The van der Waals surface area contributed by atoms with Crippen molar-refractivity contribution < 1.29 is 9.53 Å². The zero-order chi connectivity index (χ0) is 19.2. The van der Waals surface area contributed by atoms with Crippen LogP contribution in [0.5, 0.6) is 5.75 Å². The van der Waals surface area contributed by atoms with Gasteiger partial charge >= 0.3 is 0 Å². The van der Waals surface area contributed by atoms with Gasteiger partial charge in [0.05, 0.1) is 5.69 Å². The van der Waals surface area contributed by atoms with Gasteiger partial charge in [-0.3, -0.25) is 9.48 Å². The highest BCUT2D eigenvalue weighted by Gasteiger charge is 2.09. The predicted octanol–water partition coefficient (Wildman–Crippen LogP) is 4.48. The van der Waals surface area contributed by atoms with Crippen LogP contribution in [0.15, 0.2) is 59.2 Å². The van der Waals surface area contributed by atoms with E-state index >= 15 is 0 Å². The lowest BCUT2D eigenvalue weighted by Gasteiger charge is -2.09. The number of carbonyl (C=O) groups excluding carboxylic acids is 1. The minimum Gasteiger partial charge on any atom is -0.489 e. The summed E-state index contributed by atoms with van der Waals surface area (Å²) in [7, 11) is 0. The summed E-state index contributed by atoms with van der Waals surface area (Å²) in [4.78, 5) is 12.5. The standard InChI is InChI=1S/C21H22BrN3O2/c1-3-25-13-18(15(2)24-25)12-23-21(26)17-7-4-6-16(10-17)14-27-20-9-5-8-19(22)11-20/h4-11,13H,3,12,14H2,1-2H3,(H,23,26). The van der Waals surface area contributed by atoms with Crippen molar-refractivity contribution in [3.63, 3.8) is 0 Å². The highest BCUT2D eigenvalue weighted by atomic mass is 79.9. The van der Waals surface area contributed by atoms with Crippen LogP contribution < -0.4 is 10.1 Å². The summed E-state index contributed by atoms with van der Waals surface area (Å²) in [5.41, 5.74) is 3.52. The highest BCUT2D eigenvalue weighted by Crippen LogP contribution is 2.19. The van der Waals surface area contributed by atoms with Crippen molar-refractivity contribution in [1.82, 2.24) is 15.1 Å². The van der Waals surface area contributed by atoms with Gasteiger partial charge in [0.1, 0.15) is 12.4 Å². The zero-order valence-corrected chi connectivity index (χ0v) is 17.0. The quantitative estimate of drug-likeness (QED) is 0.604. The molecule has 0 saturated heterocycles. The number of amides is 1. The van der Waals surface area contributed by atoms with Crippen LogP contribution in [0.4, 0.5) is 0 Å². The molecule has 0 aliphatic rings. The molecule has 0 spiro atoms. The molecule has 2 aromatic carbocycles. The van der Waals surface area contributed by atoms with E-state index < -0.39 is 0 Å². The fourth-order valence-corrected chi connectivity index (χ4v) is 3.08. The molecule has 0 saturated carbocycles. The average Bonchev–Trinajstić information content (AvgIpc) is 3.04. The third-order valence-corrected chi connectivity index (χ3v) is 4.70. The summed E-state index contributed by atoms with van der Waals surface area (Å²) in [6.45, 7) is 5.67. The maximum atomic E-state index is 12.5. The molecule has 3 rings (SSSR count). The molecule has 0 atom stereocenters. The number of benzene rings is 2. The van der Waals surface area contributed by atoms with Crippen molar-refractivity contribution in [1.29, 1.82) is 0 Å². The van der Waals surface area contributed by atoms with Crippen LogP contribution in [0.3, 0.4) is 0 Å². The van der Waals surface area contributed by atoms with Crippen molar-refractivity contribution in [3.8, 4) is 5.75 Å². The van der Waals surface area contributed by atoms with Crippen molar-refractivity contribution >= 4 is 21.8 Å². The Bertz CT molecular complexity index is 937. The first kappa shape index (κ1) is 19.2. The van der Waals surface area contributed by atoms with Crippen molar-refractivity contribution in [2.24, 2.45) is 0 Å². The van der Waals surface area contributed by atoms with Gasteiger partial charge in [0.25, 0.3) is 5.91 Å². The van der Waals surface area contributed by atoms with E-state index in [1.54, 1.807) is 6.07 Å². The molecule has 0 unspecified atom stereocenters. The molecule has 1 aromatic heterocycles. The molecule has 1 amide bonds. The molecule has 5 nitrogen and oxygen atoms in total. The lowest BCUT2D eigenvalue weighted by atomic mass is 10.1. The molecular weight excluding hydrogens is 406 g/mol. The van der Waals surface area contributed by atoms with Crippen molar-refractivity contribution in [3.05, 3.63) is 81.6 Å². The van der Waals surface area contributed by atoms with Crippen LogP contribution in [0.25, 0.3) is 0 Å². The van der Waals surface area contributed by atoms with E-state index in [0.29, 0.717) is 18.7 Å². The minimum atomic E-state index is -0.108. The summed E-state index contributed by atoms with van der Waals surface area (Å²) < 4.78 is 8.63. The SMILES string of the molecule is CCn1cc(CNC(=O)c2cccc(COc3cccc(Br)c3)c2)c(C)n1. The van der Waals surface area contributed by atoms with E-state index in [2.05, 4.69) is 26.3 Å². The van der Waals surface area contributed by atoms with E-state index in [1.165, 1.54) is 0 Å². The fraction of sp³-hybridized carbons (Fsp3) is 0.238. The van der Waals surface area contributed by atoms with Crippen LogP contribution in [-0.2, 0) is 19.7 Å². The summed E-state index contributed by atoms with van der Waals surface area (Å²) in [6, 6.07) is 15.2. The van der Waals surface area contributed by atoms with Crippen molar-refractivity contribution in [2.75, 3.05) is 0 Å². The molecule has 0 fully saturated rings. The van der Waals surface area contributed by atoms with E-state index in [9.17, 15) is 4.79 Å². The third-order valence-electron chi connectivity index (χ3n) is 4.20. The molecule has 140 valence electrons. The number of carbonyl (C=O) groups is 1. The Morgan fingerprint density at radius 2 is 2.04 bits per heavy atom. The van der Waals surface area contributed by atoms with Gasteiger partial charge in [-0.1, -0.05) is 34.1 Å². The Balaban J connectivity index is 1.60. The first-order valence-corrected chi connectivity index (χ1v) is 9.63. The van der Waals surface area contributed by atoms with E-state index in [1.807, 2.05) is 67.2 Å². The van der Waals surface area contributed by atoms with Crippen LogP contribution in [-0.4, -0.2) is 15.7 Å². The number of nitrogens with zero attached hydrogens (tertiary/aromatic N) is 2. The van der Waals surface area contributed by atoms with Gasteiger partial charge in [0.15, 0.2) is 0 Å². The number of aromatic nitrogens is 2. The van der Waals surface area contributed by atoms with Gasteiger partial charge < -0.3 is 10.1 Å². The van der Waals surface area contributed by atoms with E-state index in [-0.39, 0.29) is 5.91 Å². The summed E-state index contributed by atoms with van der Waals surface area (Å²) in [5.74, 6) is 0.672. The number of hydrogen-bond donors (Lipinski definition) is 1. The minimum absolute atomic E-state index is 0.108. The molecule has 0 aliphatic heterocycles. The lowest BCUT2D eigenvalue weighted by molar-refractivity contribution is 0.0950. The summed E-state index contributed by atoms with van der Waals surface area (Å²) in [6.07, 6.45) is 1.97. The smallest absolute Gasteiger partial charge is 0.251 e. The molecule has 27 heavy (non-hydrogen) atoms. The molecule has 1 heterocycles. The Morgan fingerprint density at radius 3 is 2.78 bits per heavy atom. The lowest BCUT2D eigenvalue weighted by Crippen LogP contribution is -2.23. The second-order valence-corrected chi connectivity index (χ2v) is 7.14. The topological polar surface area (TPSA) is 56.2 Å². The van der Waals surface area contributed by atoms with Crippen LogP contribution >= 0.6 is 15.9 Å². The number of nitrogens with one attached hydrogen (secondary N) is 1. The summed E-state index contributed by atoms with van der Waals surface area (Å²) >= 11 is 3.43. The Hall–Kier alpha value is -2.60. The molecule has 0 aliphatic carbocycles. The Labute approximate surface area is 167 Å². The van der Waals surface area contributed by atoms with Gasteiger partial charge in [-0.25, -0.2) is 0 Å². The highest BCUT2D eigenvalue weighted by molar-refractivity contribution is 9.10. The second-order valence-electron chi connectivity index (χ2n) is 6.22. The number of aryl methyl sites for hydroxylation is 2. The molecular formula is C21H22BrN3O2. The molecule has 6 heteroatoms.